The number of carbonyl (C=O) groups is 1. The smallest absolute Gasteiger partial charge is 0.220 e. The zero-order chi connectivity index (χ0) is 16.1. The summed E-state index contributed by atoms with van der Waals surface area (Å²) >= 11 is 1.59. The van der Waals surface area contributed by atoms with Gasteiger partial charge in [0.25, 0.3) is 0 Å². The van der Waals surface area contributed by atoms with Crippen LogP contribution in [0.2, 0.25) is 0 Å². The van der Waals surface area contributed by atoms with Gasteiger partial charge in [-0.1, -0.05) is 48.5 Å². The maximum Gasteiger partial charge on any atom is 0.220 e. The molecule has 118 valence electrons. The lowest BCUT2D eigenvalue weighted by atomic mass is 10.1. The number of aliphatic hydroxyl groups is 1. The zero-order valence-corrected chi connectivity index (χ0v) is 13.6. The second kappa shape index (κ2) is 7.40. The first-order valence-corrected chi connectivity index (χ1v) is 8.51. The molecule has 1 atom stereocenters. The molecule has 0 saturated heterocycles. The normalized spacial score (nSPS) is 12.2. The Kier molecular flexibility index (Phi) is 5.05. The number of thiophene rings is 1. The van der Waals surface area contributed by atoms with E-state index < -0.39 is 6.10 Å². The molecule has 0 bridgehead atoms. The lowest BCUT2D eigenvalue weighted by Crippen LogP contribution is -2.22. The van der Waals surface area contributed by atoms with Crippen LogP contribution in [-0.2, 0) is 11.3 Å². The van der Waals surface area contributed by atoms with Gasteiger partial charge < -0.3 is 10.4 Å². The predicted molar refractivity (Wildman–Crippen MR) is 94.3 cm³/mol. The van der Waals surface area contributed by atoms with Crippen molar-refractivity contribution < 1.29 is 9.90 Å². The summed E-state index contributed by atoms with van der Waals surface area (Å²) in [7, 11) is 0. The van der Waals surface area contributed by atoms with Crippen LogP contribution in [0, 0.1) is 0 Å². The van der Waals surface area contributed by atoms with E-state index in [1.807, 2.05) is 60.7 Å². The van der Waals surface area contributed by atoms with Gasteiger partial charge in [0.1, 0.15) is 0 Å². The maximum absolute atomic E-state index is 11.9. The molecule has 0 fully saturated rings. The van der Waals surface area contributed by atoms with Gasteiger partial charge in [0.2, 0.25) is 5.91 Å². The highest BCUT2D eigenvalue weighted by molar-refractivity contribution is 7.19. The van der Waals surface area contributed by atoms with Crippen LogP contribution < -0.4 is 5.32 Å². The average Bonchev–Trinajstić information content (AvgIpc) is 3.03. The number of hydrogen-bond donors (Lipinski definition) is 2. The molecule has 2 N–H and O–H groups in total. The third-order valence-corrected chi connectivity index (χ3v) is 4.97. The van der Waals surface area contributed by atoms with Crippen molar-refractivity contribution in [1.29, 1.82) is 0 Å². The monoisotopic (exact) mass is 325 g/mol. The Bertz CT molecular complexity index is 749. The summed E-state index contributed by atoms with van der Waals surface area (Å²) in [6.07, 6.45) is 0.172. The molecule has 23 heavy (non-hydrogen) atoms. The van der Waals surface area contributed by atoms with Gasteiger partial charge in [-0.15, -0.1) is 11.3 Å². The number of rotatable bonds is 6. The molecule has 3 nitrogen and oxygen atoms in total. The molecule has 0 aliphatic heterocycles. The number of fused-ring (bicyclic) bond motifs is 1. The first-order valence-electron chi connectivity index (χ1n) is 7.69. The highest BCUT2D eigenvalue weighted by Gasteiger charge is 2.13. The fourth-order valence-corrected chi connectivity index (χ4v) is 3.55. The minimum atomic E-state index is -0.588. The summed E-state index contributed by atoms with van der Waals surface area (Å²) < 4.78 is 1.16. The number of nitrogens with one attached hydrogen (secondary N) is 1. The fraction of sp³-hybridized carbons (Fsp3) is 0.211. The number of carbonyl (C=O) groups excluding carboxylic acids is 1. The third kappa shape index (κ3) is 4.18. The molecule has 0 aliphatic carbocycles. The van der Waals surface area contributed by atoms with E-state index in [0.717, 1.165) is 20.5 Å². The summed E-state index contributed by atoms with van der Waals surface area (Å²) in [6, 6.07) is 19.9. The van der Waals surface area contributed by atoms with Crippen molar-refractivity contribution in [2.24, 2.45) is 0 Å². The zero-order valence-electron chi connectivity index (χ0n) is 12.7. The standard InChI is InChI=1S/C19H19NO2S/c21-16(18-12-15-8-4-5-9-17(15)23-18)10-11-19(22)20-13-14-6-2-1-3-7-14/h1-9,12,16,21H,10-11,13H2,(H,20,22). The lowest BCUT2D eigenvalue weighted by Gasteiger charge is -2.09. The largest absolute Gasteiger partial charge is 0.388 e. The van der Waals surface area contributed by atoms with Gasteiger partial charge in [-0.3, -0.25) is 4.79 Å². The molecule has 2 aromatic carbocycles. The summed E-state index contributed by atoms with van der Waals surface area (Å²) in [4.78, 5) is 12.8. The van der Waals surface area contributed by atoms with Crippen molar-refractivity contribution in [3.8, 4) is 0 Å². The van der Waals surface area contributed by atoms with Crippen molar-refractivity contribution in [2.45, 2.75) is 25.5 Å². The third-order valence-electron chi connectivity index (χ3n) is 3.75. The number of amides is 1. The molecule has 0 radical (unpaired) electrons. The Morgan fingerprint density at radius 1 is 1.09 bits per heavy atom. The lowest BCUT2D eigenvalue weighted by molar-refractivity contribution is -0.121. The summed E-state index contributed by atoms with van der Waals surface area (Å²) in [5, 5.41) is 14.3. The van der Waals surface area contributed by atoms with Crippen LogP contribution in [0.5, 0.6) is 0 Å². The Morgan fingerprint density at radius 2 is 1.83 bits per heavy atom. The Labute approximate surface area is 139 Å². The molecule has 4 heteroatoms. The molecule has 1 heterocycles. The van der Waals surface area contributed by atoms with Crippen LogP contribution in [-0.4, -0.2) is 11.0 Å². The van der Waals surface area contributed by atoms with E-state index >= 15 is 0 Å². The average molecular weight is 325 g/mol. The quantitative estimate of drug-likeness (QED) is 0.719. The molecule has 1 amide bonds. The Balaban J connectivity index is 1.50. The van der Waals surface area contributed by atoms with Crippen LogP contribution in [0.25, 0.3) is 10.1 Å². The van der Waals surface area contributed by atoms with Gasteiger partial charge in [0.15, 0.2) is 0 Å². The molecular formula is C19H19NO2S. The fourth-order valence-electron chi connectivity index (χ4n) is 2.46. The second-order valence-corrected chi connectivity index (χ2v) is 6.62. The van der Waals surface area contributed by atoms with Crippen molar-refractivity contribution in [3.63, 3.8) is 0 Å². The van der Waals surface area contributed by atoms with E-state index in [1.165, 1.54) is 0 Å². The molecule has 3 rings (SSSR count). The van der Waals surface area contributed by atoms with Gasteiger partial charge in [-0.05, 0) is 29.5 Å². The molecular weight excluding hydrogens is 306 g/mol. The molecule has 0 aliphatic rings. The number of aliphatic hydroxyl groups excluding tert-OH is 1. The molecule has 1 aromatic heterocycles. The molecule has 3 aromatic rings. The van der Waals surface area contributed by atoms with Gasteiger partial charge in [0.05, 0.1) is 6.10 Å². The molecule has 0 saturated carbocycles. The first kappa shape index (κ1) is 15.7. The SMILES string of the molecule is O=C(CCC(O)c1cc2ccccc2s1)NCc1ccccc1. The second-order valence-electron chi connectivity index (χ2n) is 5.50. The van der Waals surface area contributed by atoms with E-state index in [4.69, 9.17) is 0 Å². The van der Waals surface area contributed by atoms with Gasteiger partial charge >= 0.3 is 0 Å². The minimum absolute atomic E-state index is 0.0333. The number of benzene rings is 2. The van der Waals surface area contributed by atoms with Crippen molar-refractivity contribution in [3.05, 3.63) is 71.1 Å². The predicted octanol–water partition coefficient (Wildman–Crippen LogP) is 4.03. The summed E-state index contributed by atoms with van der Waals surface area (Å²) in [5.74, 6) is -0.0333. The van der Waals surface area contributed by atoms with Gasteiger partial charge in [0, 0.05) is 22.5 Å². The van der Waals surface area contributed by atoms with E-state index in [-0.39, 0.29) is 5.91 Å². The molecule has 1 unspecified atom stereocenters. The maximum atomic E-state index is 11.9. The minimum Gasteiger partial charge on any atom is -0.388 e. The van der Waals surface area contributed by atoms with E-state index in [0.29, 0.717) is 19.4 Å². The van der Waals surface area contributed by atoms with Crippen LogP contribution in [0.15, 0.2) is 60.7 Å². The highest BCUT2D eigenvalue weighted by atomic mass is 32.1. The summed E-state index contributed by atoms with van der Waals surface area (Å²) in [6.45, 7) is 0.526. The van der Waals surface area contributed by atoms with Crippen LogP contribution in [0.3, 0.4) is 0 Å². The summed E-state index contributed by atoms with van der Waals surface area (Å²) in [5.41, 5.74) is 1.07. The Morgan fingerprint density at radius 3 is 2.61 bits per heavy atom. The van der Waals surface area contributed by atoms with Crippen LogP contribution >= 0.6 is 11.3 Å². The van der Waals surface area contributed by atoms with Crippen molar-refractivity contribution in [1.82, 2.24) is 5.32 Å². The van der Waals surface area contributed by atoms with Gasteiger partial charge in [-0.25, -0.2) is 0 Å². The van der Waals surface area contributed by atoms with E-state index in [9.17, 15) is 9.90 Å². The van der Waals surface area contributed by atoms with Crippen molar-refractivity contribution in [2.75, 3.05) is 0 Å². The highest BCUT2D eigenvalue weighted by Crippen LogP contribution is 2.31. The topological polar surface area (TPSA) is 49.3 Å². The first-order chi connectivity index (χ1) is 11.2. The number of hydrogen-bond acceptors (Lipinski definition) is 3. The Hall–Kier alpha value is -2.17. The van der Waals surface area contributed by atoms with Crippen molar-refractivity contribution >= 4 is 27.3 Å². The van der Waals surface area contributed by atoms with Gasteiger partial charge in [-0.2, -0.15) is 0 Å². The van der Waals surface area contributed by atoms with E-state index in [2.05, 4.69) is 5.32 Å². The van der Waals surface area contributed by atoms with E-state index in [1.54, 1.807) is 11.3 Å². The van der Waals surface area contributed by atoms with Crippen LogP contribution in [0.1, 0.15) is 29.4 Å². The van der Waals surface area contributed by atoms with Crippen LogP contribution in [0.4, 0.5) is 0 Å². The molecule has 0 spiro atoms.